The van der Waals surface area contributed by atoms with E-state index in [0.29, 0.717) is 5.82 Å². The van der Waals surface area contributed by atoms with Gasteiger partial charge in [-0.15, -0.1) is 5.10 Å². The number of nitrogens with two attached hydrogens (primary N) is 1. The minimum atomic E-state index is -0.128. The summed E-state index contributed by atoms with van der Waals surface area (Å²) in [5.74, 6) is 0.413. The molecule has 1 atom stereocenters. The zero-order valence-electron chi connectivity index (χ0n) is 9.61. The fourth-order valence-electron chi connectivity index (χ4n) is 1.64. The lowest BCUT2D eigenvalue weighted by Crippen LogP contribution is -2.07. The van der Waals surface area contributed by atoms with Gasteiger partial charge >= 0.3 is 0 Å². The Hall–Kier alpha value is -1.56. The van der Waals surface area contributed by atoms with Crippen LogP contribution in [0.3, 0.4) is 0 Å². The van der Waals surface area contributed by atoms with E-state index in [9.17, 15) is 0 Å². The topological polar surface area (TPSA) is 69.6 Å². The minimum Gasteiger partial charge on any atom is -0.382 e. The van der Waals surface area contributed by atoms with Gasteiger partial charge in [-0.1, -0.05) is 6.92 Å². The number of nitrogen functional groups attached to an aromatic ring is 1. The predicted octanol–water partition coefficient (Wildman–Crippen LogP) is 1.68. The van der Waals surface area contributed by atoms with Gasteiger partial charge in [0.1, 0.15) is 5.82 Å². The molecule has 5 nitrogen and oxygen atoms in total. The van der Waals surface area contributed by atoms with Gasteiger partial charge in [0.2, 0.25) is 0 Å². The van der Waals surface area contributed by atoms with Gasteiger partial charge in [0, 0.05) is 12.7 Å². The van der Waals surface area contributed by atoms with E-state index in [2.05, 4.69) is 39.3 Å². The van der Waals surface area contributed by atoms with Crippen molar-refractivity contribution in [3.05, 3.63) is 36.0 Å². The summed E-state index contributed by atoms with van der Waals surface area (Å²) in [6, 6.07) is 3.56. The first-order chi connectivity index (χ1) is 8.22. The Kier molecular flexibility index (Phi) is 3.63. The molecule has 1 unspecified atom stereocenters. The van der Waals surface area contributed by atoms with Crippen molar-refractivity contribution in [1.29, 1.82) is 0 Å². The highest BCUT2D eigenvalue weighted by Crippen LogP contribution is 2.26. The number of imidazole rings is 1. The Morgan fingerprint density at radius 1 is 1.41 bits per heavy atom. The molecule has 0 saturated carbocycles. The molecule has 2 aromatic rings. The Morgan fingerprint density at radius 3 is 2.88 bits per heavy atom. The number of hydrogen-bond donors (Lipinski definition) is 2. The monoisotopic (exact) mass is 249 g/mol. The molecule has 0 bridgehead atoms. The molecule has 6 heteroatoms. The standard InChI is InChI=1S/C11H15N5S/c1-2-5-16-7-13-6-9(16)11(17)8-3-4-10(12)15-14-8/h3-4,6-7,11,17H,2,5H2,1H3,(H2,12,15). The second-order valence-corrected chi connectivity index (χ2v) is 4.31. The summed E-state index contributed by atoms with van der Waals surface area (Å²) < 4.78 is 2.08. The van der Waals surface area contributed by atoms with Gasteiger partial charge < -0.3 is 10.3 Å². The number of thiol groups is 1. The van der Waals surface area contributed by atoms with E-state index in [-0.39, 0.29) is 5.25 Å². The predicted molar refractivity (Wildman–Crippen MR) is 69.8 cm³/mol. The fourth-order valence-corrected chi connectivity index (χ4v) is 1.99. The molecule has 0 saturated heterocycles. The smallest absolute Gasteiger partial charge is 0.146 e. The molecule has 0 aromatic carbocycles. The van der Waals surface area contributed by atoms with E-state index in [1.807, 2.05) is 18.6 Å². The van der Waals surface area contributed by atoms with Crippen molar-refractivity contribution in [1.82, 2.24) is 19.7 Å². The number of nitrogens with zero attached hydrogens (tertiary/aromatic N) is 4. The number of rotatable bonds is 4. The van der Waals surface area contributed by atoms with Crippen LogP contribution in [-0.2, 0) is 6.54 Å². The van der Waals surface area contributed by atoms with Crippen LogP contribution < -0.4 is 5.73 Å². The molecule has 0 fully saturated rings. The van der Waals surface area contributed by atoms with E-state index in [0.717, 1.165) is 24.4 Å². The van der Waals surface area contributed by atoms with Crippen LogP contribution in [-0.4, -0.2) is 19.7 Å². The molecular formula is C11H15N5S. The second kappa shape index (κ2) is 5.18. The molecule has 0 radical (unpaired) electrons. The fraction of sp³-hybridized carbons (Fsp3) is 0.364. The van der Waals surface area contributed by atoms with Gasteiger partial charge in [0.25, 0.3) is 0 Å². The summed E-state index contributed by atoms with van der Waals surface area (Å²) in [4.78, 5) is 4.15. The number of anilines is 1. The molecule has 0 aliphatic rings. The van der Waals surface area contributed by atoms with Crippen LogP contribution in [0.5, 0.6) is 0 Å². The van der Waals surface area contributed by atoms with Crippen molar-refractivity contribution < 1.29 is 0 Å². The van der Waals surface area contributed by atoms with Gasteiger partial charge in [-0.25, -0.2) is 4.98 Å². The maximum absolute atomic E-state index is 5.51. The second-order valence-electron chi connectivity index (χ2n) is 3.80. The highest BCUT2D eigenvalue weighted by molar-refractivity contribution is 7.80. The zero-order valence-corrected chi connectivity index (χ0v) is 10.5. The molecule has 2 N–H and O–H groups in total. The summed E-state index contributed by atoms with van der Waals surface area (Å²) >= 11 is 4.57. The zero-order chi connectivity index (χ0) is 12.3. The Morgan fingerprint density at radius 2 is 2.24 bits per heavy atom. The van der Waals surface area contributed by atoms with Gasteiger partial charge in [0.05, 0.1) is 23.0 Å². The quantitative estimate of drug-likeness (QED) is 0.809. The summed E-state index contributed by atoms with van der Waals surface area (Å²) in [6.45, 7) is 3.05. The van der Waals surface area contributed by atoms with E-state index >= 15 is 0 Å². The summed E-state index contributed by atoms with van der Waals surface area (Å²) in [5.41, 5.74) is 7.31. The molecular weight excluding hydrogens is 234 g/mol. The lowest BCUT2D eigenvalue weighted by atomic mass is 10.2. The van der Waals surface area contributed by atoms with Gasteiger partial charge in [-0.2, -0.15) is 17.7 Å². The van der Waals surface area contributed by atoms with Crippen LogP contribution in [0.15, 0.2) is 24.7 Å². The normalized spacial score (nSPS) is 12.6. The molecule has 2 rings (SSSR count). The molecule has 90 valence electrons. The van der Waals surface area contributed by atoms with E-state index in [1.165, 1.54) is 0 Å². The SMILES string of the molecule is CCCn1cncc1C(S)c1ccc(N)nn1. The Bertz CT molecular complexity index is 479. The summed E-state index contributed by atoms with van der Waals surface area (Å²) in [6.07, 6.45) is 4.68. The molecule has 0 aliphatic carbocycles. The first-order valence-corrected chi connectivity index (χ1v) is 6.01. The van der Waals surface area contributed by atoms with E-state index in [4.69, 9.17) is 5.73 Å². The van der Waals surface area contributed by atoms with Crippen LogP contribution in [0, 0.1) is 0 Å². The van der Waals surface area contributed by atoms with Crippen LogP contribution >= 0.6 is 12.6 Å². The number of aryl methyl sites for hydroxylation is 1. The van der Waals surface area contributed by atoms with Crippen molar-refractivity contribution in [3.8, 4) is 0 Å². The van der Waals surface area contributed by atoms with Crippen molar-refractivity contribution >= 4 is 18.4 Å². The Balaban J connectivity index is 2.26. The average molecular weight is 249 g/mol. The van der Waals surface area contributed by atoms with E-state index in [1.54, 1.807) is 6.07 Å². The first-order valence-electron chi connectivity index (χ1n) is 5.49. The van der Waals surface area contributed by atoms with E-state index < -0.39 is 0 Å². The van der Waals surface area contributed by atoms with Crippen LogP contribution in [0.1, 0.15) is 30.0 Å². The third-order valence-corrected chi connectivity index (χ3v) is 3.00. The van der Waals surface area contributed by atoms with Crippen molar-refractivity contribution in [2.45, 2.75) is 25.1 Å². The maximum atomic E-state index is 5.51. The molecule has 0 spiro atoms. The molecule has 17 heavy (non-hydrogen) atoms. The van der Waals surface area contributed by atoms with Crippen LogP contribution in [0.4, 0.5) is 5.82 Å². The summed E-state index contributed by atoms with van der Waals surface area (Å²) in [5, 5.41) is 7.75. The largest absolute Gasteiger partial charge is 0.382 e. The van der Waals surface area contributed by atoms with Crippen molar-refractivity contribution in [2.75, 3.05) is 5.73 Å². The van der Waals surface area contributed by atoms with Crippen LogP contribution in [0.25, 0.3) is 0 Å². The molecule has 0 aliphatic heterocycles. The minimum absolute atomic E-state index is 0.128. The lowest BCUT2D eigenvalue weighted by molar-refractivity contribution is 0.648. The Labute approximate surface area is 105 Å². The van der Waals surface area contributed by atoms with Crippen LogP contribution in [0.2, 0.25) is 0 Å². The van der Waals surface area contributed by atoms with Crippen molar-refractivity contribution in [3.63, 3.8) is 0 Å². The lowest BCUT2D eigenvalue weighted by Gasteiger charge is -2.12. The third kappa shape index (κ3) is 2.58. The van der Waals surface area contributed by atoms with Gasteiger partial charge in [-0.05, 0) is 18.6 Å². The average Bonchev–Trinajstić information content (AvgIpc) is 2.78. The van der Waals surface area contributed by atoms with Gasteiger partial charge in [-0.3, -0.25) is 0 Å². The molecule has 2 heterocycles. The van der Waals surface area contributed by atoms with Gasteiger partial charge in [0.15, 0.2) is 0 Å². The highest BCUT2D eigenvalue weighted by Gasteiger charge is 2.15. The number of hydrogen-bond acceptors (Lipinski definition) is 5. The third-order valence-electron chi connectivity index (χ3n) is 2.48. The van der Waals surface area contributed by atoms with Crippen molar-refractivity contribution in [2.24, 2.45) is 0 Å². The molecule has 2 aromatic heterocycles. The maximum Gasteiger partial charge on any atom is 0.146 e. The first kappa shape index (κ1) is 11.9. The highest BCUT2D eigenvalue weighted by atomic mass is 32.1. The molecule has 0 amide bonds. The summed E-state index contributed by atoms with van der Waals surface area (Å²) in [7, 11) is 0. The number of aromatic nitrogens is 4.